The standard InChI is InChI=1S/C20H25N3O2/c1-3-5-8-14-12-15(9-6-4-2)20(25)17(13-14)23-21-16-10-7-11-18(24)19(16)22-23/h7,10-13,24-25H,3-6,8-9H2,1-2H3. The molecule has 0 fully saturated rings. The van der Waals surface area contributed by atoms with E-state index in [0.29, 0.717) is 16.7 Å². The number of fused-ring (bicyclic) bond motifs is 1. The van der Waals surface area contributed by atoms with Gasteiger partial charge in [0, 0.05) is 0 Å². The van der Waals surface area contributed by atoms with Gasteiger partial charge in [0.1, 0.15) is 22.7 Å². The quantitative estimate of drug-likeness (QED) is 0.664. The van der Waals surface area contributed by atoms with Gasteiger partial charge in [-0.15, -0.1) is 15.0 Å². The number of rotatable bonds is 7. The fourth-order valence-corrected chi connectivity index (χ4v) is 3.01. The van der Waals surface area contributed by atoms with E-state index in [2.05, 4.69) is 30.1 Å². The van der Waals surface area contributed by atoms with Crippen LogP contribution >= 0.6 is 0 Å². The molecule has 2 N–H and O–H groups in total. The second kappa shape index (κ2) is 7.55. The van der Waals surface area contributed by atoms with Crippen LogP contribution in [0.15, 0.2) is 30.3 Å². The lowest BCUT2D eigenvalue weighted by Gasteiger charge is -2.12. The molecule has 3 rings (SSSR count). The number of phenolic OH excluding ortho intramolecular Hbond substituents is 2. The highest BCUT2D eigenvalue weighted by molar-refractivity contribution is 5.80. The SMILES string of the molecule is CCCCc1cc(CCCC)c(O)c(-n2nc3cccc(O)c3n2)c1. The highest BCUT2D eigenvalue weighted by Crippen LogP contribution is 2.31. The lowest BCUT2D eigenvalue weighted by atomic mass is 10.00. The molecule has 0 aliphatic rings. The van der Waals surface area contributed by atoms with E-state index in [9.17, 15) is 10.2 Å². The summed E-state index contributed by atoms with van der Waals surface area (Å²) in [4.78, 5) is 1.44. The fourth-order valence-electron chi connectivity index (χ4n) is 3.01. The van der Waals surface area contributed by atoms with Gasteiger partial charge >= 0.3 is 0 Å². The third-order valence-corrected chi connectivity index (χ3v) is 4.45. The second-order valence-electron chi connectivity index (χ2n) is 6.46. The van der Waals surface area contributed by atoms with Gasteiger partial charge < -0.3 is 10.2 Å². The molecule has 0 aliphatic heterocycles. The van der Waals surface area contributed by atoms with Gasteiger partial charge in [0.2, 0.25) is 0 Å². The molecule has 3 aromatic rings. The fraction of sp³-hybridized carbons (Fsp3) is 0.400. The zero-order chi connectivity index (χ0) is 17.8. The normalized spacial score (nSPS) is 11.3. The van der Waals surface area contributed by atoms with Gasteiger partial charge in [-0.1, -0.05) is 38.8 Å². The van der Waals surface area contributed by atoms with Crippen molar-refractivity contribution in [1.29, 1.82) is 0 Å². The minimum Gasteiger partial charge on any atom is -0.506 e. The van der Waals surface area contributed by atoms with Crippen LogP contribution in [0.5, 0.6) is 11.5 Å². The summed E-state index contributed by atoms with van der Waals surface area (Å²) < 4.78 is 0. The van der Waals surface area contributed by atoms with Crippen LogP contribution < -0.4 is 0 Å². The van der Waals surface area contributed by atoms with Crippen molar-refractivity contribution in [2.75, 3.05) is 0 Å². The van der Waals surface area contributed by atoms with Crippen LogP contribution in [0, 0.1) is 0 Å². The molecule has 2 aromatic carbocycles. The predicted octanol–water partition coefficient (Wildman–Crippen LogP) is 4.52. The number of unbranched alkanes of at least 4 members (excludes halogenated alkanes) is 2. The van der Waals surface area contributed by atoms with Crippen molar-refractivity contribution in [2.24, 2.45) is 0 Å². The van der Waals surface area contributed by atoms with Crippen LogP contribution in [-0.2, 0) is 12.8 Å². The Labute approximate surface area is 147 Å². The summed E-state index contributed by atoms with van der Waals surface area (Å²) in [6, 6.07) is 9.18. The smallest absolute Gasteiger partial charge is 0.155 e. The topological polar surface area (TPSA) is 71.2 Å². The largest absolute Gasteiger partial charge is 0.506 e. The summed E-state index contributed by atoms with van der Waals surface area (Å²) in [7, 11) is 0. The summed E-state index contributed by atoms with van der Waals surface area (Å²) in [6.45, 7) is 4.31. The highest BCUT2D eigenvalue weighted by Gasteiger charge is 2.15. The van der Waals surface area contributed by atoms with Gasteiger partial charge in [-0.25, -0.2) is 0 Å². The third-order valence-electron chi connectivity index (χ3n) is 4.45. The van der Waals surface area contributed by atoms with Crippen LogP contribution in [0.4, 0.5) is 0 Å². The van der Waals surface area contributed by atoms with Crippen molar-refractivity contribution < 1.29 is 10.2 Å². The van der Waals surface area contributed by atoms with E-state index in [-0.39, 0.29) is 11.5 Å². The predicted molar refractivity (Wildman–Crippen MR) is 99.4 cm³/mol. The van der Waals surface area contributed by atoms with Crippen molar-refractivity contribution >= 4 is 11.0 Å². The average molecular weight is 339 g/mol. The van der Waals surface area contributed by atoms with Crippen LogP contribution in [0.1, 0.15) is 50.7 Å². The molecular formula is C20H25N3O2. The Hall–Kier alpha value is -2.56. The van der Waals surface area contributed by atoms with Crippen molar-refractivity contribution in [2.45, 2.75) is 52.4 Å². The number of aromatic nitrogens is 3. The minimum absolute atomic E-state index is 0.0941. The molecule has 0 atom stereocenters. The molecular weight excluding hydrogens is 314 g/mol. The summed E-state index contributed by atoms with van der Waals surface area (Å²) in [6.07, 6.45) is 6.13. The van der Waals surface area contributed by atoms with E-state index in [1.807, 2.05) is 6.07 Å². The zero-order valence-corrected chi connectivity index (χ0v) is 14.9. The van der Waals surface area contributed by atoms with Crippen LogP contribution in [0.25, 0.3) is 16.7 Å². The molecule has 5 heteroatoms. The summed E-state index contributed by atoms with van der Waals surface area (Å²) in [5, 5.41) is 29.5. The first-order chi connectivity index (χ1) is 12.1. The number of hydrogen-bond donors (Lipinski definition) is 2. The molecule has 0 spiro atoms. The van der Waals surface area contributed by atoms with E-state index >= 15 is 0 Å². The molecule has 132 valence electrons. The zero-order valence-electron chi connectivity index (χ0n) is 14.9. The number of aryl methyl sites for hydroxylation is 2. The molecule has 1 heterocycles. The van der Waals surface area contributed by atoms with Crippen molar-refractivity contribution in [3.05, 3.63) is 41.5 Å². The Morgan fingerprint density at radius 2 is 1.72 bits per heavy atom. The first-order valence-electron chi connectivity index (χ1n) is 9.04. The number of hydrogen-bond acceptors (Lipinski definition) is 4. The Balaban J connectivity index is 2.09. The van der Waals surface area contributed by atoms with Crippen LogP contribution in [-0.4, -0.2) is 25.2 Å². The Morgan fingerprint density at radius 1 is 0.960 bits per heavy atom. The second-order valence-corrected chi connectivity index (χ2v) is 6.46. The lowest BCUT2D eigenvalue weighted by Crippen LogP contribution is -2.03. The molecule has 0 unspecified atom stereocenters. The van der Waals surface area contributed by atoms with E-state index in [0.717, 1.165) is 44.1 Å². The van der Waals surface area contributed by atoms with Crippen LogP contribution in [0.3, 0.4) is 0 Å². The summed E-state index contributed by atoms with van der Waals surface area (Å²) in [5.41, 5.74) is 3.75. The van der Waals surface area contributed by atoms with Crippen molar-refractivity contribution in [1.82, 2.24) is 15.0 Å². The molecule has 25 heavy (non-hydrogen) atoms. The summed E-state index contributed by atoms with van der Waals surface area (Å²) in [5.74, 6) is 0.324. The number of phenols is 2. The van der Waals surface area contributed by atoms with Gasteiger partial charge in [0.25, 0.3) is 0 Å². The Bertz CT molecular complexity index is 871. The molecule has 5 nitrogen and oxygen atoms in total. The van der Waals surface area contributed by atoms with Crippen molar-refractivity contribution in [3.63, 3.8) is 0 Å². The van der Waals surface area contributed by atoms with E-state index in [1.165, 1.54) is 10.4 Å². The van der Waals surface area contributed by atoms with Gasteiger partial charge in [0.15, 0.2) is 5.52 Å². The van der Waals surface area contributed by atoms with Crippen LogP contribution in [0.2, 0.25) is 0 Å². The van der Waals surface area contributed by atoms with Gasteiger partial charge in [0.05, 0.1) is 0 Å². The van der Waals surface area contributed by atoms with E-state index in [4.69, 9.17) is 0 Å². The maximum atomic E-state index is 10.7. The molecule has 0 bridgehead atoms. The van der Waals surface area contributed by atoms with E-state index in [1.54, 1.807) is 18.2 Å². The monoisotopic (exact) mass is 339 g/mol. The molecule has 0 saturated heterocycles. The highest BCUT2D eigenvalue weighted by atomic mass is 16.3. The van der Waals surface area contributed by atoms with Crippen molar-refractivity contribution in [3.8, 4) is 17.2 Å². The minimum atomic E-state index is 0.0941. The number of benzene rings is 2. The number of nitrogens with zero attached hydrogens (tertiary/aromatic N) is 3. The Morgan fingerprint density at radius 3 is 2.44 bits per heavy atom. The maximum absolute atomic E-state index is 10.7. The first-order valence-corrected chi connectivity index (χ1v) is 9.04. The van der Waals surface area contributed by atoms with Gasteiger partial charge in [-0.2, -0.15) is 0 Å². The molecule has 1 aromatic heterocycles. The third kappa shape index (κ3) is 3.60. The molecule has 0 radical (unpaired) electrons. The van der Waals surface area contributed by atoms with Gasteiger partial charge in [-0.3, -0.25) is 0 Å². The average Bonchev–Trinajstić information content (AvgIpc) is 3.05. The molecule has 0 aliphatic carbocycles. The number of aromatic hydroxyl groups is 2. The summed E-state index contributed by atoms with van der Waals surface area (Å²) >= 11 is 0. The molecule has 0 saturated carbocycles. The first kappa shape index (κ1) is 17.3. The van der Waals surface area contributed by atoms with Gasteiger partial charge in [-0.05, 0) is 55.0 Å². The molecule has 0 amide bonds. The lowest BCUT2D eigenvalue weighted by molar-refractivity contribution is 0.458. The maximum Gasteiger partial charge on any atom is 0.155 e. The Kier molecular flexibility index (Phi) is 5.22. The van der Waals surface area contributed by atoms with E-state index < -0.39 is 0 Å².